The molecule has 2 atom stereocenters. The molecule has 0 aromatic rings. The summed E-state index contributed by atoms with van der Waals surface area (Å²) in [6.45, 7) is 1.96. The molecule has 4 N–H and O–H groups in total. The van der Waals surface area contributed by atoms with Gasteiger partial charge in [-0.25, -0.2) is 0 Å². The van der Waals surface area contributed by atoms with Gasteiger partial charge in [0.1, 0.15) is 0 Å². The number of carbonyl (C=O) groups excluding carboxylic acids is 1. The molecule has 0 aromatic heterocycles. The van der Waals surface area contributed by atoms with Crippen LogP contribution < -0.4 is 11.1 Å². The Labute approximate surface area is 89.0 Å². The lowest BCUT2D eigenvalue weighted by Gasteiger charge is -2.16. The van der Waals surface area contributed by atoms with Crippen LogP contribution in [0.15, 0.2) is 0 Å². The van der Waals surface area contributed by atoms with Crippen LogP contribution in [-0.4, -0.2) is 29.1 Å². The Balaban J connectivity index is 2.22. The first kappa shape index (κ1) is 12.0. The number of carboxylic acid groups (broad SMARTS) is 1. The number of nitrogens with two attached hydrogens (primary N) is 1. The second kappa shape index (κ2) is 5.11. The average Bonchev–Trinajstić information content (AvgIpc) is 2.96. The summed E-state index contributed by atoms with van der Waals surface area (Å²) in [4.78, 5) is 21.7. The topological polar surface area (TPSA) is 92.4 Å². The minimum Gasteiger partial charge on any atom is -0.481 e. The molecule has 0 aromatic carbocycles. The van der Waals surface area contributed by atoms with Gasteiger partial charge in [0.15, 0.2) is 0 Å². The molecule has 1 fully saturated rings. The first-order valence-electron chi connectivity index (χ1n) is 5.28. The number of hydrogen-bond donors (Lipinski definition) is 3. The van der Waals surface area contributed by atoms with E-state index in [0.717, 1.165) is 12.8 Å². The smallest absolute Gasteiger partial charge is 0.303 e. The summed E-state index contributed by atoms with van der Waals surface area (Å²) in [5.41, 5.74) is 5.56. The Morgan fingerprint density at radius 1 is 1.53 bits per heavy atom. The van der Waals surface area contributed by atoms with Crippen LogP contribution in [0.3, 0.4) is 0 Å². The molecule has 1 aliphatic carbocycles. The first-order chi connectivity index (χ1) is 7.00. The summed E-state index contributed by atoms with van der Waals surface area (Å²) < 4.78 is 0. The molecule has 1 rings (SSSR count). The van der Waals surface area contributed by atoms with Crippen LogP contribution in [0.4, 0.5) is 0 Å². The highest BCUT2D eigenvalue weighted by Gasteiger charge is 2.29. The summed E-state index contributed by atoms with van der Waals surface area (Å²) >= 11 is 0. The molecule has 0 heterocycles. The summed E-state index contributed by atoms with van der Waals surface area (Å²) in [6, 6.07) is -0.546. The van der Waals surface area contributed by atoms with Gasteiger partial charge < -0.3 is 16.2 Å². The van der Waals surface area contributed by atoms with Crippen molar-refractivity contribution in [1.29, 1.82) is 0 Å². The number of nitrogens with one attached hydrogen (secondary N) is 1. The molecule has 15 heavy (non-hydrogen) atoms. The molecule has 0 radical (unpaired) electrons. The van der Waals surface area contributed by atoms with Gasteiger partial charge in [-0.2, -0.15) is 0 Å². The molecule has 0 bridgehead atoms. The second-order valence-corrected chi connectivity index (χ2v) is 4.17. The van der Waals surface area contributed by atoms with E-state index in [1.54, 1.807) is 0 Å². The van der Waals surface area contributed by atoms with E-state index < -0.39 is 12.0 Å². The van der Waals surface area contributed by atoms with Crippen molar-refractivity contribution in [2.45, 2.75) is 44.7 Å². The van der Waals surface area contributed by atoms with E-state index in [2.05, 4.69) is 5.32 Å². The number of hydrogen-bond acceptors (Lipinski definition) is 3. The van der Waals surface area contributed by atoms with Crippen molar-refractivity contribution in [2.24, 2.45) is 11.7 Å². The zero-order chi connectivity index (χ0) is 11.4. The van der Waals surface area contributed by atoms with Crippen LogP contribution >= 0.6 is 0 Å². The minimum atomic E-state index is -0.923. The molecule has 1 amide bonds. The lowest BCUT2D eigenvalue weighted by Crippen LogP contribution is -2.45. The van der Waals surface area contributed by atoms with Gasteiger partial charge in [-0.15, -0.1) is 0 Å². The maximum atomic E-state index is 11.5. The van der Waals surface area contributed by atoms with Gasteiger partial charge in [0.05, 0.1) is 6.04 Å². The number of amides is 1. The Morgan fingerprint density at radius 3 is 2.60 bits per heavy atom. The highest BCUT2D eigenvalue weighted by Crippen LogP contribution is 2.32. The molecular formula is C10H18N2O3. The predicted octanol–water partition coefficient (Wildman–Crippen LogP) is 0.0932. The zero-order valence-electron chi connectivity index (χ0n) is 8.90. The quantitative estimate of drug-likeness (QED) is 0.584. The normalized spacial score (nSPS) is 19.3. The Morgan fingerprint density at radius 2 is 2.13 bits per heavy atom. The molecule has 0 spiro atoms. The van der Waals surface area contributed by atoms with E-state index in [-0.39, 0.29) is 24.8 Å². The number of rotatable bonds is 6. The zero-order valence-corrected chi connectivity index (χ0v) is 8.90. The fourth-order valence-corrected chi connectivity index (χ4v) is 1.46. The highest BCUT2D eigenvalue weighted by molar-refractivity contribution is 5.82. The van der Waals surface area contributed by atoms with Crippen molar-refractivity contribution < 1.29 is 14.7 Å². The predicted molar refractivity (Wildman–Crippen MR) is 55.2 cm³/mol. The van der Waals surface area contributed by atoms with Crippen molar-refractivity contribution in [3.05, 3.63) is 0 Å². The molecule has 1 aliphatic rings. The molecular weight excluding hydrogens is 196 g/mol. The van der Waals surface area contributed by atoms with Crippen LogP contribution in [0.1, 0.15) is 32.6 Å². The van der Waals surface area contributed by atoms with Gasteiger partial charge in [-0.3, -0.25) is 9.59 Å². The Bertz CT molecular complexity index is 251. The third-order valence-electron chi connectivity index (χ3n) is 2.71. The lowest BCUT2D eigenvalue weighted by molar-refractivity contribution is -0.137. The van der Waals surface area contributed by atoms with Crippen LogP contribution in [0.5, 0.6) is 0 Å². The summed E-state index contributed by atoms with van der Waals surface area (Å²) in [5, 5.41) is 11.2. The minimum absolute atomic E-state index is 0.0631. The second-order valence-electron chi connectivity index (χ2n) is 4.17. The third-order valence-corrected chi connectivity index (χ3v) is 2.71. The van der Waals surface area contributed by atoms with Crippen LogP contribution in [0, 0.1) is 5.92 Å². The van der Waals surface area contributed by atoms with E-state index in [9.17, 15) is 9.59 Å². The van der Waals surface area contributed by atoms with Gasteiger partial charge in [-0.1, -0.05) is 0 Å². The van der Waals surface area contributed by atoms with E-state index in [1.807, 2.05) is 6.92 Å². The molecule has 0 aliphatic heterocycles. The third kappa shape index (κ3) is 4.29. The molecule has 0 saturated heterocycles. The van der Waals surface area contributed by atoms with Crippen LogP contribution in [0.25, 0.3) is 0 Å². The summed E-state index contributed by atoms with van der Waals surface area (Å²) in [7, 11) is 0. The van der Waals surface area contributed by atoms with Crippen molar-refractivity contribution in [3.8, 4) is 0 Å². The Kier molecular flexibility index (Phi) is 4.08. The van der Waals surface area contributed by atoms with Gasteiger partial charge in [0.2, 0.25) is 5.91 Å². The van der Waals surface area contributed by atoms with E-state index in [4.69, 9.17) is 10.8 Å². The molecule has 86 valence electrons. The monoisotopic (exact) mass is 214 g/mol. The first-order valence-corrected chi connectivity index (χ1v) is 5.28. The van der Waals surface area contributed by atoms with Gasteiger partial charge in [0.25, 0.3) is 0 Å². The molecule has 5 heteroatoms. The SMILES string of the molecule is CC(NC(=O)C(N)CCC(=O)O)C1CC1. The van der Waals surface area contributed by atoms with Crippen LogP contribution in [0.2, 0.25) is 0 Å². The van der Waals surface area contributed by atoms with E-state index >= 15 is 0 Å². The van der Waals surface area contributed by atoms with Gasteiger partial charge >= 0.3 is 5.97 Å². The number of aliphatic carboxylic acids is 1. The molecule has 2 unspecified atom stereocenters. The maximum absolute atomic E-state index is 11.5. The highest BCUT2D eigenvalue weighted by atomic mass is 16.4. The maximum Gasteiger partial charge on any atom is 0.303 e. The van der Waals surface area contributed by atoms with Gasteiger partial charge in [-0.05, 0) is 32.1 Å². The largest absolute Gasteiger partial charge is 0.481 e. The lowest BCUT2D eigenvalue weighted by atomic mass is 10.1. The van der Waals surface area contributed by atoms with Crippen molar-refractivity contribution >= 4 is 11.9 Å². The van der Waals surface area contributed by atoms with Crippen molar-refractivity contribution in [1.82, 2.24) is 5.32 Å². The van der Waals surface area contributed by atoms with Crippen LogP contribution in [-0.2, 0) is 9.59 Å². The number of carboxylic acids is 1. The Hall–Kier alpha value is -1.10. The molecule has 5 nitrogen and oxygen atoms in total. The summed E-state index contributed by atoms with van der Waals surface area (Å²) in [6.07, 6.45) is 2.45. The van der Waals surface area contributed by atoms with E-state index in [0.29, 0.717) is 5.92 Å². The van der Waals surface area contributed by atoms with Gasteiger partial charge in [0, 0.05) is 12.5 Å². The van der Waals surface area contributed by atoms with Crippen molar-refractivity contribution in [2.75, 3.05) is 0 Å². The van der Waals surface area contributed by atoms with Crippen molar-refractivity contribution in [3.63, 3.8) is 0 Å². The van der Waals surface area contributed by atoms with E-state index in [1.165, 1.54) is 0 Å². The standard InChI is InChI=1S/C10H18N2O3/c1-6(7-2-3-7)12-10(15)8(11)4-5-9(13)14/h6-8H,2-5,11H2,1H3,(H,12,15)(H,13,14). The fraction of sp³-hybridized carbons (Fsp3) is 0.800. The summed E-state index contributed by atoms with van der Waals surface area (Å²) in [5.74, 6) is -0.579. The fourth-order valence-electron chi connectivity index (χ4n) is 1.46. The molecule has 1 saturated carbocycles. The average molecular weight is 214 g/mol. The number of carbonyl (C=O) groups is 2.